The fourth-order valence-electron chi connectivity index (χ4n) is 2.98. The molecule has 3 aromatic heterocycles. The molecule has 1 N–H and O–H groups in total. The van der Waals surface area contributed by atoms with E-state index in [1.165, 1.54) is 23.3 Å². The average Bonchev–Trinajstić information content (AvgIpc) is 3.10. The molecular weight excluding hydrogens is 320 g/mol. The molecule has 21 heavy (non-hydrogen) atoms. The molecule has 0 bridgehead atoms. The third-order valence-corrected chi connectivity index (χ3v) is 6.28. The van der Waals surface area contributed by atoms with Crippen LogP contribution >= 0.6 is 34.9 Å². The molecule has 0 saturated heterocycles. The molecule has 0 spiro atoms. The van der Waals surface area contributed by atoms with Crippen LogP contribution in [0.15, 0.2) is 21.6 Å². The van der Waals surface area contributed by atoms with E-state index in [4.69, 9.17) is 12.2 Å². The van der Waals surface area contributed by atoms with Crippen molar-refractivity contribution in [1.82, 2.24) is 9.55 Å². The predicted octanol–water partition coefficient (Wildman–Crippen LogP) is 4.11. The molecule has 3 aromatic rings. The van der Waals surface area contributed by atoms with Crippen molar-refractivity contribution in [2.45, 2.75) is 32.2 Å². The lowest BCUT2D eigenvalue weighted by molar-refractivity contribution is 0.696. The third-order valence-electron chi connectivity index (χ3n) is 4.02. The molecule has 0 fully saturated rings. The Balaban J connectivity index is 1.95. The number of H-pyrrole nitrogens is 1. The highest BCUT2D eigenvalue weighted by atomic mass is 32.1. The maximum atomic E-state index is 12.9. The van der Waals surface area contributed by atoms with Gasteiger partial charge in [-0.25, -0.2) is 0 Å². The average molecular weight is 334 g/mol. The number of aromatic nitrogens is 2. The van der Waals surface area contributed by atoms with Crippen molar-refractivity contribution in [1.29, 1.82) is 0 Å². The predicted molar refractivity (Wildman–Crippen MR) is 91.3 cm³/mol. The first-order chi connectivity index (χ1) is 10.2. The van der Waals surface area contributed by atoms with Crippen LogP contribution in [0, 0.1) is 4.77 Å². The summed E-state index contributed by atoms with van der Waals surface area (Å²) in [5.41, 5.74) is 2.46. The van der Waals surface area contributed by atoms with Gasteiger partial charge in [0.1, 0.15) is 4.83 Å². The van der Waals surface area contributed by atoms with Crippen molar-refractivity contribution in [2.24, 2.45) is 0 Å². The van der Waals surface area contributed by atoms with Crippen LogP contribution in [0.5, 0.6) is 0 Å². The van der Waals surface area contributed by atoms with Gasteiger partial charge in [-0.3, -0.25) is 9.36 Å². The lowest BCUT2D eigenvalue weighted by Crippen LogP contribution is -2.23. The van der Waals surface area contributed by atoms with Gasteiger partial charge in [-0.1, -0.05) is 0 Å². The molecule has 4 rings (SSSR count). The summed E-state index contributed by atoms with van der Waals surface area (Å²) in [6.07, 6.45) is 4.52. The van der Waals surface area contributed by atoms with Crippen molar-refractivity contribution < 1.29 is 0 Å². The van der Waals surface area contributed by atoms with E-state index in [0.29, 0.717) is 11.3 Å². The van der Waals surface area contributed by atoms with Gasteiger partial charge in [0.2, 0.25) is 0 Å². The van der Waals surface area contributed by atoms with Gasteiger partial charge >= 0.3 is 0 Å². The summed E-state index contributed by atoms with van der Waals surface area (Å²) in [5.74, 6) is 0. The normalized spacial score (nSPS) is 14.5. The fourth-order valence-corrected chi connectivity index (χ4v) is 5.24. The van der Waals surface area contributed by atoms with Gasteiger partial charge < -0.3 is 4.98 Å². The summed E-state index contributed by atoms with van der Waals surface area (Å²) in [4.78, 5) is 18.5. The Labute approximate surface area is 134 Å². The Kier molecular flexibility index (Phi) is 3.32. The molecule has 0 aliphatic heterocycles. The summed E-state index contributed by atoms with van der Waals surface area (Å²) in [5, 5.41) is 4.96. The van der Waals surface area contributed by atoms with Gasteiger partial charge in [0.25, 0.3) is 5.56 Å². The van der Waals surface area contributed by atoms with Crippen molar-refractivity contribution in [3.63, 3.8) is 0 Å². The standard InChI is InChI=1S/C15H14N2OS3/c18-14-12-10-3-1-2-4-11(10)21-13(12)16-15(19)17(14)7-9-5-6-20-8-9/h5-6,8H,1-4,7H2,(H,16,19). The zero-order chi connectivity index (χ0) is 14.4. The lowest BCUT2D eigenvalue weighted by atomic mass is 9.97. The van der Waals surface area contributed by atoms with Crippen LogP contribution in [-0.2, 0) is 19.4 Å². The van der Waals surface area contributed by atoms with Crippen LogP contribution in [0.1, 0.15) is 28.8 Å². The van der Waals surface area contributed by atoms with Crippen molar-refractivity contribution in [2.75, 3.05) is 0 Å². The zero-order valence-corrected chi connectivity index (χ0v) is 13.8. The second-order valence-corrected chi connectivity index (χ2v) is 7.64. The number of rotatable bonds is 2. The molecule has 108 valence electrons. The monoisotopic (exact) mass is 334 g/mol. The minimum Gasteiger partial charge on any atom is -0.323 e. The van der Waals surface area contributed by atoms with E-state index in [2.05, 4.69) is 10.4 Å². The fraction of sp³-hybridized carbons (Fsp3) is 0.333. The van der Waals surface area contributed by atoms with E-state index in [1.807, 2.05) is 11.4 Å². The highest BCUT2D eigenvalue weighted by Crippen LogP contribution is 2.33. The number of hydrogen-bond acceptors (Lipinski definition) is 4. The Morgan fingerprint density at radius 3 is 3.00 bits per heavy atom. The first-order valence-corrected chi connectivity index (χ1v) is 9.19. The molecule has 0 radical (unpaired) electrons. The van der Waals surface area contributed by atoms with E-state index in [0.717, 1.165) is 28.6 Å². The topological polar surface area (TPSA) is 37.8 Å². The second-order valence-electron chi connectivity index (χ2n) is 5.37. The SMILES string of the molecule is O=c1c2c3c(sc2[nH]c(=S)n1Cc1ccsc1)CCCC3. The first-order valence-electron chi connectivity index (χ1n) is 7.02. The highest BCUT2D eigenvalue weighted by molar-refractivity contribution is 7.71. The number of aromatic amines is 1. The number of fused-ring (bicyclic) bond motifs is 3. The second kappa shape index (κ2) is 5.19. The number of hydrogen-bond donors (Lipinski definition) is 1. The molecule has 0 amide bonds. The molecular formula is C15H14N2OS3. The number of nitrogens with one attached hydrogen (secondary N) is 1. The Morgan fingerprint density at radius 1 is 1.33 bits per heavy atom. The summed E-state index contributed by atoms with van der Waals surface area (Å²) >= 11 is 8.75. The Morgan fingerprint density at radius 2 is 2.19 bits per heavy atom. The van der Waals surface area contributed by atoms with E-state index in [9.17, 15) is 4.79 Å². The van der Waals surface area contributed by atoms with E-state index >= 15 is 0 Å². The van der Waals surface area contributed by atoms with Gasteiger partial charge in [0.05, 0.1) is 11.9 Å². The van der Waals surface area contributed by atoms with Crippen molar-refractivity contribution >= 4 is 45.1 Å². The molecule has 0 saturated carbocycles. The third kappa shape index (κ3) is 2.22. The quantitative estimate of drug-likeness (QED) is 0.716. The van der Waals surface area contributed by atoms with Crippen molar-refractivity contribution in [3.8, 4) is 0 Å². The van der Waals surface area contributed by atoms with E-state index in [-0.39, 0.29) is 5.56 Å². The number of thiophene rings is 2. The minimum atomic E-state index is 0.0688. The summed E-state index contributed by atoms with van der Waals surface area (Å²) in [7, 11) is 0. The van der Waals surface area contributed by atoms with Gasteiger partial charge in [-0.2, -0.15) is 11.3 Å². The van der Waals surface area contributed by atoms with Crippen LogP contribution in [0.4, 0.5) is 0 Å². The first kappa shape index (κ1) is 13.4. The molecule has 0 aromatic carbocycles. The molecule has 0 atom stereocenters. The Hall–Kier alpha value is -1.24. The minimum absolute atomic E-state index is 0.0688. The van der Waals surface area contributed by atoms with Crippen LogP contribution in [0.2, 0.25) is 0 Å². The van der Waals surface area contributed by atoms with Crippen LogP contribution in [0.3, 0.4) is 0 Å². The van der Waals surface area contributed by atoms with Crippen molar-refractivity contribution in [3.05, 3.63) is 48.0 Å². The van der Waals surface area contributed by atoms with E-state index in [1.54, 1.807) is 27.2 Å². The number of nitrogens with zero attached hydrogens (tertiary/aromatic N) is 1. The highest BCUT2D eigenvalue weighted by Gasteiger charge is 2.20. The maximum absolute atomic E-state index is 12.9. The molecule has 3 heterocycles. The maximum Gasteiger partial charge on any atom is 0.263 e. The number of aryl methyl sites for hydroxylation is 2. The molecule has 1 aliphatic rings. The van der Waals surface area contributed by atoms with Gasteiger partial charge in [-0.15, -0.1) is 11.3 Å². The van der Waals surface area contributed by atoms with E-state index < -0.39 is 0 Å². The molecule has 6 heteroatoms. The molecule has 0 unspecified atom stereocenters. The Bertz CT molecular complexity index is 915. The van der Waals surface area contributed by atoms with Gasteiger partial charge in [0, 0.05) is 4.88 Å². The largest absolute Gasteiger partial charge is 0.323 e. The zero-order valence-electron chi connectivity index (χ0n) is 11.3. The molecule has 3 nitrogen and oxygen atoms in total. The lowest BCUT2D eigenvalue weighted by Gasteiger charge is -2.10. The van der Waals surface area contributed by atoms with Crippen LogP contribution in [0.25, 0.3) is 10.2 Å². The smallest absolute Gasteiger partial charge is 0.263 e. The van der Waals surface area contributed by atoms with Crippen LogP contribution in [-0.4, -0.2) is 9.55 Å². The summed E-state index contributed by atoms with van der Waals surface area (Å²) < 4.78 is 2.22. The molecule has 1 aliphatic carbocycles. The van der Waals surface area contributed by atoms with Crippen LogP contribution < -0.4 is 5.56 Å². The summed E-state index contributed by atoms with van der Waals surface area (Å²) in [6, 6.07) is 2.04. The van der Waals surface area contributed by atoms with Gasteiger partial charge in [-0.05, 0) is 65.9 Å². The summed E-state index contributed by atoms with van der Waals surface area (Å²) in [6.45, 7) is 0.554. The van der Waals surface area contributed by atoms with Gasteiger partial charge in [0.15, 0.2) is 4.77 Å².